The van der Waals surface area contributed by atoms with E-state index in [-0.39, 0.29) is 6.04 Å². The molecule has 7 rings (SSSR count). The van der Waals surface area contributed by atoms with Crippen LogP contribution in [0.4, 0.5) is 5.69 Å². The van der Waals surface area contributed by atoms with E-state index in [1.165, 1.54) is 10.8 Å². The molecule has 4 heteroatoms. The third kappa shape index (κ3) is 4.06. The Morgan fingerprint density at radius 1 is 0.579 bits per heavy atom. The average molecular weight is 491 g/mol. The number of aromatic nitrogens is 2. The van der Waals surface area contributed by atoms with E-state index in [1.54, 1.807) is 0 Å². The Hall–Kier alpha value is -4.96. The van der Waals surface area contributed by atoms with Gasteiger partial charge in [0.2, 0.25) is 0 Å². The molecule has 0 saturated heterocycles. The highest BCUT2D eigenvalue weighted by Gasteiger charge is 2.33. The van der Waals surface area contributed by atoms with Gasteiger partial charge in [0.05, 0.1) is 28.8 Å². The van der Waals surface area contributed by atoms with Gasteiger partial charge in [-0.15, -0.1) is 0 Å². The van der Waals surface area contributed by atoms with Crippen LogP contribution in [0.25, 0.3) is 27.7 Å². The molecule has 2 heterocycles. The second kappa shape index (κ2) is 9.49. The zero-order valence-electron chi connectivity index (χ0n) is 20.9. The van der Waals surface area contributed by atoms with Gasteiger partial charge in [0.25, 0.3) is 0 Å². The van der Waals surface area contributed by atoms with Crippen LogP contribution in [0, 0.1) is 0 Å². The van der Waals surface area contributed by atoms with Crippen LogP contribution in [0.3, 0.4) is 0 Å². The molecular weight excluding hydrogens is 464 g/mol. The highest BCUT2D eigenvalue weighted by molar-refractivity contribution is 6.03. The number of rotatable bonds is 5. The summed E-state index contributed by atoms with van der Waals surface area (Å²) in [5, 5.41) is 14.9. The molecule has 0 saturated carbocycles. The van der Waals surface area contributed by atoms with Crippen LogP contribution in [0.2, 0.25) is 0 Å². The first-order valence-corrected chi connectivity index (χ1v) is 12.9. The molecule has 1 unspecified atom stereocenters. The van der Waals surface area contributed by atoms with Gasteiger partial charge >= 0.3 is 0 Å². The lowest BCUT2D eigenvalue weighted by atomic mass is 9.95. The smallest absolute Gasteiger partial charge is 0.0981 e. The van der Waals surface area contributed by atoms with E-state index in [0.717, 1.165) is 45.9 Å². The van der Waals surface area contributed by atoms with E-state index in [0.29, 0.717) is 0 Å². The van der Waals surface area contributed by atoms with Crippen LogP contribution >= 0.6 is 0 Å². The van der Waals surface area contributed by atoms with Gasteiger partial charge in [-0.3, -0.25) is 5.01 Å². The summed E-state index contributed by atoms with van der Waals surface area (Å²) >= 11 is 0. The lowest BCUT2D eigenvalue weighted by molar-refractivity contribution is 0.709. The van der Waals surface area contributed by atoms with Crippen LogP contribution < -0.4 is 5.01 Å². The fraction of sp³-hybridized carbons (Fsp3) is 0.0588. The first-order chi connectivity index (χ1) is 18.8. The van der Waals surface area contributed by atoms with Crippen LogP contribution in [0.1, 0.15) is 23.6 Å². The molecule has 182 valence electrons. The number of fused-ring (bicyclic) bond motifs is 1. The summed E-state index contributed by atoms with van der Waals surface area (Å²) in [5.74, 6) is 0. The first kappa shape index (κ1) is 22.3. The molecule has 38 heavy (non-hydrogen) atoms. The number of hydrogen-bond acceptors (Lipinski definition) is 3. The molecule has 0 amide bonds. The number of para-hydroxylation sites is 2. The van der Waals surface area contributed by atoms with Crippen molar-refractivity contribution in [2.45, 2.75) is 12.5 Å². The standard InChI is InChI=1S/C34H26N4/c1-4-13-26(14-5-1)32-23-33(38(35-32)30-18-8-3-9-19-30)31-24-37(29-16-6-2-7-17-29)36-34(31)28-21-20-25-12-10-11-15-27(25)22-28/h1-22,24,33H,23H2. The Bertz CT molecular complexity index is 1740. The fourth-order valence-electron chi connectivity index (χ4n) is 5.28. The van der Waals surface area contributed by atoms with Gasteiger partial charge in [0.15, 0.2) is 0 Å². The molecule has 5 aromatic carbocycles. The van der Waals surface area contributed by atoms with E-state index in [2.05, 4.69) is 126 Å². The maximum absolute atomic E-state index is 5.17. The summed E-state index contributed by atoms with van der Waals surface area (Å²) in [6.07, 6.45) is 2.98. The molecule has 0 radical (unpaired) electrons. The van der Waals surface area contributed by atoms with Gasteiger partial charge in [-0.25, -0.2) is 4.68 Å². The predicted molar refractivity (Wildman–Crippen MR) is 156 cm³/mol. The summed E-state index contributed by atoms with van der Waals surface area (Å²) in [7, 11) is 0. The topological polar surface area (TPSA) is 33.4 Å². The van der Waals surface area contributed by atoms with Gasteiger partial charge in [0.1, 0.15) is 0 Å². The average Bonchev–Trinajstić information content (AvgIpc) is 3.64. The van der Waals surface area contributed by atoms with Gasteiger partial charge in [-0.2, -0.15) is 10.2 Å². The Kier molecular flexibility index (Phi) is 5.56. The maximum Gasteiger partial charge on any atom is 0.0981 e. The van der Waals surface area contributed by atoms with E-state index in [4.69, 9.17) is 10.2 Å². The minimum absolute atomic E-state index is 0.00605. The number of anilines is 1. The van der Waals surface area contributed by atoms with E-state index in [9.17, 15) is 0 Å². The van der Waals surface area contributed by atoms with Crippen molar-refractivity contribution in [3.63, 3.8) is 0 Å². The van der Waals surface area contributed by atoms with E-state index >= 15 is 0 Å². The molecule has 0 N–H and O–H groups in total. The van der Waals surface area contributed by atoms with Crippen molar-refractivity contribution >= 4 is 22.2 Å². The number of nitrogens with zero attached hydrogens (tertiary/aromatic N) is 4. The van der Waals surface area contributed by atoms with Crippen LogP contribution in [0.15, 0.2) is 145 Å². The molecule has 1 aliphatic heterocycles. The number of benzene rings is 5. The highest BCUT2D eigenvalue weighted by atomic mass is 15.5. The summed E-state index contributed by atoms with van der Waals surface area (Å²) < 4.78 is 2.00. The third-order valence-corrected chi connectivity index (χ3v) is 7.18. The lowest BCUT2D eigenvalue weighted by Gasteiger charge is -2.23. The van der Waals surface area contributed by atoms with Crippen molar-refractivity contribution in [3.05, 3.63) is 151 Å². The summed E-state index contributed by atoms with van der Waals surface area (Å²) in [5.41, 5.74) is 7.58. The molecule has 1 aliphatic rings. The van der Waals surface area contributed by atoms with E-state index < -0.39 is 0 Å². The van der Waals surface area contributed by atoms with E-state index in [1.807, 2.05) is 22.9 Å². The highest BCUT2D eigenvalue weighted by Crippen LogP contribution is 2.41. The van der Waals surface area contributed by atoms with Gasteiger partial charge in [-0.05, 0) is 46.7 Å². The molecular formula is C34H26N4. The zero-order chi connectivity index (χ0) is 25.3. The quantitative estimate of drug-likeness (QED) is 0.245. The Labute approximate surface area is 222 Å². The van der Waals surface area contributed by atoms with Crippen molar-refractivity contribution in [2.24, 2.45) is 5.10 Å². The van der Waals surface area contributed by atoms with Crippen molar-refractivity contribution in [3.8, 4) is 16.9 Å². The van der Waals surface area contributed by atoms with Crippen LogP contribution in [-0.2, 0) is 0 Å². The Morgan fingerprint density at radius 2 is 1.21 bits per heavy atom. The van der Waals surface area contributed by atoms with Crippen molar-refractivity contribution in [1.29, 1.82) is 0 Å². The summed E-state index contributed by atoms with van der Waals surface area (Å²) in [4.78, 5) is 0. The van der Waals surface area contributed by atoms with Crippen molar-refractivity contribution < 1.29 is 0 Å². The second-order valence-electron chi connectivity index (χ2n) is 9.59. The van der Waals surface area contributed by atoms with Crippen LogP contribution in [0.5, 0.6) is 0 Å². The Morgan fingerprint density at radius 3 is 1.95 bits per heavy atom. The molecule has 0 bridgehead atoms. The maximum atomic E-state index is 5.17. The fourth-order valence-corrected chi connectivity index (χ4v) is 5.28. The van der Waals surface area contributed by atoms with Crippen LogP contribution in [-0.4, -0.2) is 15.5 Å². The Balaban J connectivity index is 1.40. The molecule has 0 aliphatic carbocycles. The number of hydrazone groups is 1. The molecule has 4 nitrogen and oxygen atoms in total. The summed E-state index contributed by atoms with van der Waals surface area (Å²) in [6.45, 7) is 0. The third-order valence-electron chi connectivity index (χ3n) is 7.18. The SMILES string of the molecule is c1ccc(C2=NN(c3ccccc3)C(c3cn(-c4ccccc4)nc3-c3ccc4ccccc4c3)C2)cc1. The van der Waals surface area contributed by atoms with Gasteiger partial charge < -0.3 is 0 Å². The van der Waals surface area contributed by atoms with Gasteiger partial charge in [0, 0.05) is 23.7 Å². The van der Waals surface area contributed by atoms with Crippen molar-refractivity contribution in [2.75, 3.05) is 5.01 Å². The molecule has 6 aromatic rings. The molecule has 0 spiro atoms. The lowest BCUT2D eigenvalue weighted by Crippen LogP contribution is -2.18. The second-order valence-corrected chi connectivity index (χ2v) is 9.59. The van der Waals surface area contributed by atoms with Gasteiger partial charge in [-0.1, -0.05) is 103 Å². The molecule has 0 fully saturated rings. The molecule has 1 aromatic heterocycles. The minimum Gasteiger partial charge on any atom is -0.257 e. The normalized spacial score (nSPS) is 15.1. The summed E-state index contributed by atoms with van der Waals surface area (Å²) in [6, 6.07) is 46.3. The minimum atomic E-state index is 0.00605. The largest absolute Gasteiger partial charge is 0.257 e. The monoisotopic (exact) mass is 490 g/mol. The zero-order valence-corrected chi connectivity index (χ0v) is 20.9. The van der Waals surface area contributed by atoms with Crippen molar-refractivity contribution in [1.82, 2.24) is 9.78 Å². The number of hydrogen-bond donors (Lipinski definition) is 0. The first-order valence-electron chi connectivity index (χ1n) is 12.9. The molecule has 1 atom stereocenters. The predicted octanol–water partition coefficient (Wildman–Crippen LogP) is 8.05.